The first-order valence-corrected chi connectivity index (χ1v) is 5.93. The van der Waals surface area contributed by atoms with Crippen molar-refractivity contribution in [2.45, 2.75) is 45.6 Å². The van der Waals surface area contributed by atoms with Gasteiger partial charge in [-0.05, 0) is 32.2 Å². The minimum atomic E-state index is 0.0196. The van der Waals surface area contributed by atoms with Crippen molar-refractivity contribution in [1.82, 2.24) is 15.3 Å². The molecule has 0 aromatic carbocycles. The van der Waals surface area contributed by atoms with Gasteiger partial charge in [0.05, 0.1) is 6.04 Å². The Balaban J connectivity index is 2.40. The molecular formula is C12H19N3O. The number of hydrogen-bond donors (Lipinski definition) is 2. The average molecular weight is 221 g/mol. The van der Waals surface area contributed by atoms with Crippen molar-refractivity contribution in [2.75, 3.05) is 6.54 Å². The molecule has 0 bridgehead atoms. The van der Waals surface area contributed by atoms with Crippen LogP contribution in [-0.4, -0.2) is 16.5 Å². The molecule has 0 spiro atoms. The molecule has 88 valence electrons. The molecule has 0 saturated carbocycles. The molecule has 1 aliphatic rings. The van der Waals surface area contributed by atoms with Gasteiger partial charge in [-0.3, -0.25) is 4.79 Å². The Morgan fingerprint density at radius 2 is 2.19 bits per heavy atom. The Bertz CT molecular complexity index is 430. The molecule has 1 aromatic rings. The van der Waals surface area contributed by atoms with Crippen LogP contribution in [0, 0.1) is 6.92 Å². The highest BCUT2D eigenvalue weighted by molar-refractivity contribution is 5.21. The first-order valence-electron chi connectivity index (χ1n) is 5.93. The highest BCUT2D eigenvalue weighted by atomic mass is 16.1. The van der Waals surface area contributed by atoms with E-state index < -0.39 is 0 Å². The molecule has 1 saturated heterocycles. The van der Waals surface area contributed by atoms with Crippen LogP contribution >= 0.6 is 0 Å². The molecule has 0 radical (unpaired) electrons. The van der Waals surface area contributed by atoms with Crippen LogP contribution in [0.1, 0.15) is 55.7 Å². The number of H-pyrrole nitrogens is 1. The van der Waals surface area contributed by atoms with Crippen molar-refractivity contribution in [2.24, 2.45) is 0 Å². The van der Waals surface area contributed by atoms with E-state index in [4.69, 9.17) is 0 Å². The Kier molecular flexibility index (Phi) is 3.10. The van der Waals surface area contributed by atoms with E-state index in [2.05, 4.69) is 15.3 Å². The van der Waals surface area contributed by atoms with Crippen molar-refractivity contribution >= 4 is 0 Å². The van der Waals surface area contributed by atoms with E-state index in [1.165, 1.54) is 0 Å². The lowest BCUT2D eigenvalue weighted by molar-refractivity contribution is 0.594. The van der Waals surface area contributed by atoms with E-state index in [9.17, 15) is 4.79 Å². The summed E-state index contributed by atoms with van der Waals surface area (Å²) in [6.45, 7) is 6.97. The molecule has 1 aromatic heterocycles. The first kappa shape index (κ1) is 11.3. The number of nitrogens with one attached hydrogen (secondary N) is 2. The van der Waals surface area contributed by atoms with Crippen LogP contribution in [0.5, 0.6) is 0 Å². The van der Waals surface area contributed by atoms with Crippen LogP contribution in [0.3, 0.4) is 0 Å². The Labute approximate surface area is 95.5 Å². The molecule has 16 heavy (non-hydrogen) atoms. The fourth-order valence-electron chi connectivity index (χ4n) is 2.38. The zero-order valence-electron chi connectivity index (χ0n) is 10.1. The van der Waals surface area contributed by atoms with Crippen molar-refractivity contribution in [3.63, 3.8) is 0 Å². The zero-order chi connectivity index (χ0) is 11.7. The molecule has 0 aliphatic carbocycles. The fraction of sp³-hybridized carbons (Fsp3) is 0.667. The minimum Gasteiger partial charge on any atom is -0.309 e. The van der Waals surface area contributed by atoms with E-state index in [0.717, 1.165) is 36.5 Å². The number of nitrogens with zero attached hydrogens (tertiary/aromatic N) is 1. The maximum atomic E-state index is 11.9. The Morgan fingerprint density at radius 3 is 2.69 bits per heavy atom. The number of hydrogen-bond acceptors (Lipinski definition) is 3. The van der Waals surface area contributed by atoms with Crippen LogP contribution in [-0.2, 0) is 0 Å². The quantitative estimate of drug-likeness (QED) is 0.798. The summed E-state index contributed by atoms with van der Waals surface area (Å²) in [5.74, 6) is 1.02. The molecule has 4 heteroatoms. The van der Waals surface area contributed by atoms with Crippen molar-refractivity contribution in [3.8, 4) is 0 Å². The van der Waals surface area contributed by atoms with Gasteiger partial charge in [0, 0.05) is 11.3 Å². The van der Waals surface area contributed by atoms with Crippen LogP contribution in [0.25, 0.3) is 0 Å². The van der Waals surface area contributed by atoms with Gasteiger partial charge in [0.1, 0.15) is 5.82 Å². The highest BCUT2D eigenvalue weighted by Crippen LogP contribution is 2.20. The molecule has 4 nitrogen and oxygen atoms in total. The standard InChI is InChI=1S/C12H19N3O/c1-7(2)10-8(3)14-11(15-12(10)16)9-5-4-6-13-9/h7,9,13H,4-6H2,1-3H3,(H,14,15,16). The van der Waals surface area contributed by atoms with Crippen molar-refractivity contribution in [1.29, 1.82) is 0 Å². The van der Waals surface area contributed by atoms with Crippen molar-refractivity contribution < 1.29 is 0 Å². The number of aromatic amines is 1. The Hall–Kier alpha value is -1.16. The summed E-state index contributed by atoms with van der Waals surface area (Å²) in [5.41, 5.74) is 1.69. The molecule has 0 amide bonds. The number of rotatable bonds is 2. The monoisotopic (exact) mass is 221 g/mol. The van der Waals surface area contributed by atoms with Gasteiger partial charge in [-0.2, -0.15) is 0 Å². The lowest BCUT2D eigenvalue weighted by atomic mass is 10.0. The molecule has 2 N–H and O–H groups in total. The number of aromatic nitrogens is 2. The summed E-state index contributed by atoms with van der Waals surface area (Å²) in [4.78, 5) is 19.4. The van der Waals surface area contributed by atoms with Gasteiger partial charge >= 0.3 is 0 Å². The second-order valence-corrected chi connectivity index (χ2v) is 4.75. The SMILES string of the molecule is Cc1nc(C2CCCN2)[nH]c(=O)c1C(C)C. The lowest BCUT2D eigenvalue weighted by Crippen LogP contribution is -2.24. The second kappa shape index (κ2) is 4.37. The van der Waals surface area contributed by atoms with Gasteiger partial charge in [-0.15, -0.1) is 0 Å². The maximum Gasteiger partial charge on any atom is 0.254 e. The third-order valence-electron chi connectivity index (χ3n) is 3.13. The van der Waals surface area contributed by atoms with Crippen LogP contribution < -0.4 is 10.9 Å². The second-order valence-electron chi connectivity index (χ2n) is 4.75. The molecule has 2 heterocycles. The van der Waals surface area contributed by atoms with Crippen LogP contribution in [0.2, 0.25) is 0 Å². The lowest BCUT2D eigenvalue weighted by Gasteiger charge is -2.13. The van der Waals surface area contributed by atoms with Crippen LogP contribution in [0.4, 0.5) is 0 Å². The van der Waals surface area contributed by atoms with Crippen molar-refractivity contribution in [3.05, 3.63) is 27.4 Å². The largest absolute Gasteiger partial charge is 0.309 e. The minimum absolute atomic E-state index is 0.0196. The molecule has 1 atom stereocenters. The average Bonchev–Trinajstić information content (AvgIpc) is 2.67. The smallest absolute Gasteiger partial charge is 0.254 e. The Morgan fingerprint density at radius 1 is 1.44 bits per heavy atom. The molecule has 1 unspecified atom stereocenters. The summed E-state index contributed by atoms with van der Waals surface area (Å²) in [6.07, 6.45) is 2.21. The van der Waals surface area contributed by atoms with Gasteiger partial charge in [0.25, 0.3) is 5.56 Å². The van der Waals surface area contributed by atoms with E-state index in [0.29, 0.717) is 0 Å². The topological polar surface area (TPSA) is 57.8 Å². The van der Waals surface area contributed by atoms with Gasteiger partial charge in [0.15, 0.2) is 0 Å². The third kappa shape index (κ3) is 2.02. The van der Waals surface area contributed by atoms with Gasteiger partial charge in [0.2, 0.25) is 0 Å². The number of aryl methyl sites for hydroxylation is 1. The van der Waals surface area contributed by atoms with E-state index in [1.807, 2.05) is 20.8 Å². The van der Waals surface area contributed by atoms with Gasteiger partial charge < -0.3 is 10.3 Å². The zero-order valence-corrected chi connectivity index (χ0v) is 10.1. The fourth-order valence-corrected chi connectivity index (χ4v) is 2.38. The predicted octanol–water partition coefficient (Wildman–Crippen LogP) is 1.63. The predicted molar refractivity (Wildman–Crippen MR) is 63.7 cm³/mol. The first-order chi connectivity index (χ1) is 7.59. The normalized spacial score (nSPS) is 20.6. The molecule has 2 rings (SSSR count). The van der Waals surface area contributed by atoms with Crippen LogP contribution in [0.15, 0.2) is 4.79 Å². The van der Waals surface area contributed by atoms with E-state index in [-0.39, 0.29) is 17.5 Å². The van der Waals surface area contributed by atoms with Gasteiger partial charge in [-0.25, -0.2) is 4.98 Å². The van der Waals surface area contributed by atoms with Gasteiger partial charge in [-0.1, -0.05) is 13.8 Å². The summed E-state index contributed by atoms with van der Waals surface area (Å²) < 4.78 is 0. The summed E-state index contributed by atoms with van der Waals surface area (Å²) in [7, 11) is 0. The highest BCUT2D eigenvalue weighted by Gasteiger charge is 2.20. The third-order valence-corrected chi connectivity index (χ3v) is 3.13. The molecule has 1 aliphatic heterocycles. The molecule has 1 fully saturated rings. The summed E-state index contributed by atoms with van der Waals surface area (Å²) >= 11 is 0. The van der Waals surface area contributed by atoms with E-state index >= 15 is 0 Å². The molecular weight excluding hydrogens is 202 g/mol. The summed E-state index contributed by atoms with van der Waals surface area (Å²) in [5, 5.41) is 3.34. The van der Waals surface area contributed by atoms with E-state index in [1.54, 1.807) is 0 Å². The maximum absolute atomic E-state index is 11.9. The summed E-state index contributed by atoms with van der Waals surface area (Å²) in [6, 6.07) is 0.229.